The van der Waals surface area contributed by atoms with Crippen LogP contribution in [0, 0.1) is 5.41 Å². The SMILES string of the molecule is CN(CCCCC(=N)N)CC1CCCO1. The second kappa shape index (κ2) is 6.80. The number of unbranched alkanes of at least 4 members (excludes halogenated alkanes) is 1. The maximum absolute atomic E-state index is 7.11. The third kappa shape index (κ3) is 5.74. The summed E-state index contributed by atoms with van der Waals surface area (Å²) in [7, 11) is 2.13. The largest absolute Gasteiger partial charge is 0.388 e. The highest BCUT2D eigenvalue weighted by atomic mass is 16.5. The van der Waals surface area contributed by atoms with Crippen molar-refractivity contribution in [3.05, 3.63) is 0 Å². The average Bonchev–Trinajstić information content (AvgIpc) is 2.64. The first-order valence-corrected chi connectivity index (χ1v) is 5.81. The minimum absolute atomic E-state index is 0.303. The molecular formula is C11H23N3O. The lowest BCUT2D eigenvalue weighted by molar-refractivity contribution is 0.0808. The zero-order valence-corrected chi connectivity index (χ0v) is 9.67. The predicted molar refractivity (Wildman–Crippen MR) is 62.2 cm³/mol. The Hall–Kier alpha value is -0.610. The monoisotopic (exact) mass is 213 g/mol. The van der Waals surface area contributed by atoms with Crippen molar-refractivity contribution < 1.29 is 4.74 Å². The van der Waals surface area contributed by atoms with Crippen molar-refractivity contribution >= 4 is 5.84 Å². The molecule has 1 heterocycles. The van der Waals surface area contributed by atoms with Gasteiger partial charge in [0.1, 0.15) is 0 Å². The van der Waals surface area contributed by atoms with Crippen LogP contribution < -0.4 is 5.73 Å². The number of likely N-dealkylation sites (N-methyl/N-ethyl adjacent to an activating group) is 1. The molecule has 0 radical (unpaired) electrons. The van der Waals surface area contributed by atoms with Crippen LogP contribution in [0.3, 0.4) is 0 Å². The minimum Gasteiger partial charge on any atom is -0.388 e. The fraction of sp³-hybridized carbons (Fsp3) is 0.909. The van der Waals surface area contributed by atoms with Gasteiger partial charge in [-0.2, -0.15) is 0 Å². The molecule has 0 amide bonds. The molecule has 1 rings (SSSR count). The van der Waals surface area contributed by atoms with Gasteiger partial charge in [-0.25, -0.2) is 0 Å². The van der Waals surface area contributed by atoms with E-state index in [9.17, 15) is 0 Å². The predicted octanol–water partition coefficient (Wildman–Crippen LogP) is 1.20. The van der Waals surface area contributed by atoms with Crippen LogP contribution in [0.15, 0.2) is 0 Å². The number of amidine groups is 1. The fourth-order valence-corrected chi connectivity index (χ4v) is 1.92. The Balaban J connectivity index is 1.97. The van der Waals surface area contributed by atoms with Crippen molar-refractivity contribution in [3.8, 4) is 0 Å². The number of nitrogens with zero attached hydrogens (tertiary/aromatic N) is 1. The molecular weight excluding hydrogens is 190 g/mol. The van der Waals surface area contributed by atoms with Crippen LogP contribution in [0.5, 0.6) is 0 Å². The van der Waals surface area contributed by atoms with E-state index in [0.717, 1.165) is 39.0 Å². The van der Waals surface area contributed by atoms with Crippen molar-refractivity contribution in [1.29, 1.82) is 5.41 Å². The Labute approximate surface area is 92.3 Å². The summed E-state index contributed by atoms with van der Waals surface area (Å²) in [6.45, 7) is 3.05. The molecule has 4 nitrogen and oxygen atoms in total. The van der Waals surface area contributed by atoms with E-state index in [-0.39, 0.29) is 0 Å². The summed E-state index contributed by atoms with van der Waals surface area (Å²) in [5.74, 6) is 0.303. The van der Waals surface area contributed by atoms with Crippen LogP contribution in [-0.4, -0.2) is 43.6 Å². The van der Waals surface area contributed by atoms with Gasteiger partial charge < -0.3 is 15.4 Å². The molecule has 1 atom stereocenters. The first-order valence-electron chi connectivity index (χ1n) is 5.81. The van der Waals surface area contributed by atoms with Crippen molar-refractivity contribution in [1.82, 2.24) is 4.90 Å². The third-order valence-corrected chi connectivity index (χ3v) is 2.78. The lowest BCUT2D eigenvalue weighted by Crippen LogP contribution is -2.29. The van der Waals surface area contributed by atoms with E-state index < -0.39 is 0 Å². The highest BCUT2D eigenvalue weighted by Gasteiger charge is 2.16. The number of nitrogens with two attached hydrogens (primary N) is 1. The number of rotatable bonds is 7. The summed E-state index contributed by atoms with van der Waals surface area (Å²) in [6.07, 6.45) is 5.73. The van der Waals surface area contributed by atoms with E-state index in [1.165, 1.54) is 12.8 Å². The lowest BCUT2D eigenvalue weighted by Gasteiger charge is -2.20. The van der Waals surface area contributed by atoms with Gasteiger partial charge in [-0.05, 0) is 39.3 Å². The second-order valence-corrected chi connectivity index (χ2v) is 4.38. The van der Waals surface area contributed by atoms with Gasteiger partial charge in [0.05, 0.1) is 11.9 Å². The molecule has 1 saturated heterocycles. The minimum atomic E-state index is 0.303. The van der Waals surface area contributed by atoms with Gasteiger partial charge in [0, 0.05) is 19.6 Å². The Morgan fingerprint density at radius 3 is 2.93 bits per heavy atom. The van der Waals surface area contributed by atoms with Crippen molar-refractivity contribution in [3.63, 3.8) is 0 Å². The van der Waals surface area contributed by atoms with Gasteiger partial charge in [0.2, 0.25) is 0 Å². The molecule has 1 fully saturated rings. The van der Waals surface area contributed by atoms with E-state index in [1.807, 2.05) is 0 Å². The van der Waals surface area contributed by atoms with E-state index in [1.54, 1.807) is 0 Å². The normalized spacial score (nSPS) is 21.1. The highest BCUT2D eigenvalue weighted by molar-refractivity contribution is 5.76. The average molecular weight is 213 g/mol. The Bertz CT molecular complexity index is 190. The molecule has 1 aliphatic heterocycles. The highest BCUT2D eigenvalue weighted by Crippen LogP contribution is 2.12. The van der Waals surface area contributed by atoms with Gasteiger partial charge in [0.15, 0.2) is 0 Å². The Morgan fingerprint density at radius 1 is 1.53 bits per heavy atom. The van der Waals surface area contributed by atoms with Gasteiger partial charge in [-0.1, -0.05) is 0 Å². The van der Waals surface area contributed by atoms with E-state index in [4.69, 9.17) is 15.9 Å². The van der Waals surface area contributed by atoms with Crippen LogP contribution in [0.4, 0.5) is 0 Å². The van der Waals surface area contributed by atoms with Gasteiger partial charge in [-0.15, -0.1) is 0 Å². The number of hydrogen-bond donors (Lipinski definition) is 2. The van der Waals surface area contributed by atoms with Crippen molar-refractivity contribution in [2.75, 3.05) is 26.7 Å². The molecule has 4 heteroatoms. The molecule has 3 N–H and O–H groups in total. The summed E-state index contributed by atoms with van der Waals surface area (Å²) in [5, 5.41) is 7.11. The Morgan fingerprint density at radius 2 is 2.33 bits per heavy atom. The van der Waals surface area contributed by atoms with E-state index in [0.29, 0.717) is 11.9 Å². The maximum atomic E-state index is 7.11. The zero-order chi connectivity index (χ0) is 11.1. The molecule has 0 aromatic carbocycles. The summed E-state index contributed by atoms with van der Waals surface area (Å²) in [4.78, 5) is 2.32. The quantitative estimate of drug-likeness (QED) is 0.379. The van der Waals surface area contributed by atoms with Crippen LogP contribution >= 0.6 is 0 Å². The summed E-state index contributed by atoms with van der Waals surface area (Å²) >= 11 is 0. The number of nitrogens with one attached hydrogen (secondary N) is 1. The van der Waals surface area contributed by atoms with Gasteiger partial charge in [0.25, 0.3) is 0 Å². The topological polar surface area (TPSA) is 62.3 Å². The summed E-state index contributed by atoms with van der Waals surface area (Å²) in [6, 6.07) is 0. The van der Waals surface area contributed by atoms with Crippen LogP contribution in [0.1, 0.15) is 32.1 Å². The van der Waals surface area contributed by atoms with E-state index >= 15 is 0 Å². The molecule has 0 aromatic rings. The molecule has 88 valence electrons. The molecule has 0 aromatic heterocycles. The maximum Gasteiger partial charge on any atom is 0.0905 e. The van der Waals surface area contributed by atoms with Crippen LogP contribution in [0.25, 0.3) is 0 Å². The first-order chi connectivity index (χ1) is 7.18. The van der Waals surface area contributed by atoms with Crippen LogP contribution in [-0.2, 0) is 4.74 Å². The lowest BCUT2D eigenvalue weighted by atomic mass is 10.2. The number of hydrogen-bond acceptors (Lipinski definition) is 3. The molecule has 1 aliphatic rings. The third-order valence-electron chi connectivity index (χ3n) is 2.78. The van der Waals surface area contributed by atoms with Gasteiger partial charge >= 0.3 is 0 Å². The summed E-state index contributed by atoms with van der Waals surface area (Å²) < 4.78 is 5.57. The first kappa shape index (κ1) is 12.5. The Kier molecular flexibility index (Phi) is 5.65. The zero-order valence-electron chi connectivity index (χ0n) is 9.67. The molecule has 0 bridgehead atoms. The molecule has 0 saturated carbocycles. The number of ether oxygens (including phenoxy) is 1. The smallest absolute Gasteiger partial charge is 0.0905 e. The summed E-state index contributed by atoms with van der Waals surface area (Å²) in [5.41, 5.74) is 5.29. The van der Waals surface area contributed by atoms with E-state index in [2.05, 4.69) is 11.9 Å². The molecule has 1 unspecified atom stereocenters. The van der Waals surface area contributed by atoms with Crippen molar-refractivity contribution in [2.24, 2.45) is 5.73 Å². The second-order valence-electron chi connectivity index (χ2n) is 4.38. The molecule has 0 spiro atoms. The standard InChI is InChI=1S/C11H23N3O/c1-14(7-3-2-6-11(12)13)9-10-5-4-8-15-10/h10H,2-9H2,1H3,(H3,12,13). The molecule has 15 heavy (non-hydrogen) atoms. The van der Waals surface area contributed by atoms with Gasteiger partial charge in [-0.3, -0.25) is 5.41 Å². The fourth-order valence-electron chi connectivity index (χ4n) is 1.92. The van der Waals surface area contributed by atoms with Crippen molar-refractivity contribution in [2.45, 2.75) is 38.2 Å². The molecule has 0 aliphatic carbocycles. The van der Waals surface area contributed by atoms with Crippen LogP contribution in [0.2, 0.25) is 0 Å².